The molecule has 0 aliphatic carbocycles. The van der Waals surface area contributed by atoms with Gasteiger partial charge in [-0.25, -0.2) is 0 Å². The van der Waals surface area contributed by atoms with E-state index in [1.165, 1.54) is 12.8 Å². The molecule has 0 saturated carbocycles. The number of nitrogen functional groups attached to an aromatic ring is 1. The molecule has 1 saturated heterocycles. The molecule has 1 amide bonds. The molecular formula is C14H21N3O. The number of piperidine rings is 1. The van der Waals surface area contributed by atoms with Gasteiger partial charge in [0.25, 0.3) is 5.91 Å². The molecule has 0 radical (unpaired) electrons. The number of benzene rings is 1. The van der Waals surface area contributed by atoms with E-state index < -0.39 is 0 Å². The van der Waals surface area contributed by atoms with Crippen LogP contribution in [0.15, 0.2) is 18.2 Å². The number of carbonyl (C=O) groups is 1. The van der Waals surface area contributed by atoms with E-state index in [-0.39, 0.29) is 5.91 Å². The van der Waals surface area contributed by atoms with Gasteiger partial charge in [-0.15, -0.1) is 0 Å². The molecule has 2 rings (SSSR count). The van der Waals surface area contributed by atoms with E-state index in [2.05, 4.69) is 11.8 Å². The Kier molecular flexibility index (Phi) is 3.75. The SMILES string of the molecule is CCC1CCCCN1c1cc(N)ccc1C(N)=O. The standard InChI is InChI=1S/C14H21N3O/c1-2-11-5-3-4-8-17(11)13-9-10(15)6-7-12(13)14(16)18/h6-7,9,11H,2-5,8,15H2,1H3,(H2,16,18). The predicted molar refractivity (Wildman–Crippen MR) is 74.6 cm³/mol. The third-order valence-corrected chi connectivity index (χ3v) is 3.70. The van der Waals surface area contributed by atoms with Gasteiger partial charge in [0.05, 0.1) is 11.3 Å². The molecule has 1 aromatic carbocycles. The van der Waals surface area contributed by atoms with E-state index >= 15 is 0 Å². The molecule has 4 nitrogen and oxygen atoms in total. The summed E-state index contributed by atoms with van der Waals surface area (Å²) >= 11 is 0. The fourth-order valence-corrected chi connectivity index (χ4v) is 2.74. The summed E-state index contributed by atoms with van der Waals surface area (Å²) in [6, 6.07) is 5.82. The predicted octanol–water partition coefficient (Wildman–Crippen LogP) is 2.14. The van der Waals surface area contributed by atoms with Crippen LogP contribution in [0, 0.1) is 0 Å². The van der Waals surface area contributed by atoms with Crippen molar-refractivity contribution >= 4 is 17.3 Å². The molecule has 4 heteroatoms. The number of primary amides is 1. The van der Waals surface area contributed by atoms with Crippen LogP contribution in [0.4, 0.5) is 11.4 Å². The maximum Gasteiger partial charge on any atom is 0.250 e. The van der Waals surface area contributed by atoms with Gasteiger partial charge in [-0.05, 0) is 43.9 Å². The first kappa shape index (κ1) is 12.7. The number of hydrogen-bond acceptors (Lipinski definition) is 3. The Balaban J connectivity index is 2.41. The second kappa shape index (κ2) is 5.29. The molecule has 1 heterocycles. The van der Waals surface area contributed by atoms with Crippen LogP contribution in [0.3, 0.4) is 0 Å². The lowest BCUT2D eigenvalue weighted by atomic mass is 9.97. The summed E-state index contributed by atoms with van der Waals surface area (Å²) in [4.78, 5) is 13.8. The van der Waals surface area contributed by atoms with E-state index in [9.17, 15) is 4.79 Å². The average Bonchev–Trinajstić information content (AvgIpc) is 2.38. The molecule has 1 atom stereocenters. The minimum Gasteiger partial charge on any atom is -0.399 e. The number of nitrogens with two attached hydrogens (primary N) is 2. The van der Waals surface area contributed by atoms with Gasteiger partial charge in [-0.3, -0.25) is 4.79 Å². The molecule has 98 valence electrons. The summed E-state index contributed by atoms with van der Waals surface area (Å²) < 4.78 is 0. The first-order chi connectivity index (χ1) is 8.63. The van der Waals surface area contributed by atoms with Gasteiger partial charge >= 0.3 is 0 Å². The molecule has 1 aliphatic heterocycles. The third-order valence-electron chi connectivity index (χ3n) is 3.70. The number of anilines is 2. The smallest absolute Gasteiger partial charge is 0.250 e. The normalized spacial score (nSPS) is 19.8. The van der Waals surface area contributed by atoms with Gasteiger partial charge in [-0.1, -0.05) is 6.92 Å². The molecule has 1 aliphatic rings. The van der Waals surface area contributed by atoms with Crippen LogP contribution < -0.4 is 16.4 Å². The highest BCUT2D eigenvalue weighted by Gasteiger charge is 2.24. The number of hydrogen-bond donors (Lipinski definition) is 2. The lowest BCUT2D eigenvalue weighted by molar-refractivity contribution is 0.100. The van der Waals surface area contributed by atoms with Crippen molar-refractivity contribution in [2.75, 3.05) is 17.2 Å². The highest BCUT2D eigenvalue weighted by Crippen LogP contribution is 2.30. The molecule has 1 fully saturated rings. The largest absolute Gasteiger partial charge is 0.399 e. The Morgan fingerprint density at radius 3 is 2.89 bits per heavy atom. The van der Waals surface area contributed by atoms with E-state index in [4.69, 9.17) is 11.5 Å². The number of amides is 1. The Hall–Kier alpha value is -1.71. The fourth-order valence-electron chi connectivity index (χ4n) is 2.74. The molecule has 0 spiro atoms. The second-order valence-electron chi connectivity index (χ2n) is 4.89. The quantitative estimate of drug-likeness (QED) is 0.804. The summed E-state index contributed by atoms with van der Waals surface area (Å²) in [5.41, 5.74) is 13.4. The van der Waals surface area contributed by atoms with Crippen molar-refractivity contribution in [1.82, 2.24) is 0 Å². The van der Waals surface area contributed by atoms with Crippen LogP contribution in [-0.2, 0) is 0 Å². The maximum atomic E-state index is 11.5. The monoisotopic (exact) mass is 247 g/mol. The molecule has 0 bridgehead atoms. The Bertz CT molecular complexity index is 445. The van der Waals surface area contributed by atoms with Gasteiger partial charge in [0.2, 0.25) is 0 Å². The summed E-state index contributed by atoms with van der Waals surface area (Å²) in [5, 5.41) is 0. The van der Waals surface area contributed by atoms with E-state index in [1.807, 2.05) is 6.07 Å². The van der Waals surface area contributed by atoms with Gasteiger partial charge in [-0.2, -0.15) is 0 Å². The van der Waals surface area contributed by atoms with Crippen molar-refractivity contribution in [2.24, 2.45) is 5.73 Å². The van der Waals surface area contributed by atoms with Crippen molar-refractivity contribution in [3.8, 4) is 0 Å². The zero-order chi connectivity index (χ0) is 13.1. The highest BCUT2D eigenvalue weighted by atomic mass is 16.1. The first-order valence-electron chi connectivity index (χ1n) is 6.59. The number of carbonyl (C=O) groups excluding carboxylic acids is 1. The Morgan fingerprint density at radius 2 is 2.22 bits per heavy atom. The van der Waals surface area contributed by atoms with Crippen LogP contribution in [0.25, 0.3) is 0 Å². The number of rotatable bonds is 3. The van der Waals surface area contributed by atoms with E-state index in [0.717, 1.165) is 25.1 Å². The highest BCUT2D eigenvalue weighted by molar-refractivity contribution is 5.99. The number of nitrogens with zero attached hydrogens (tertiary/aromatic N) is 1. The Labute approximate surface area is 108 Å². The molecule has 18 heavy (non-hydrogen) atoms. The molecule has 1 unspecified atom stereocenters. The lowest BCUT2D eigenvalue weighted by Crippen LogP contribution is -2.40. The van der Waals surface area contributed by atoms with Crippen molar-refractivity contribution in [3.05, 3.63) is 23.8 Å². The maximum absolute atomic E-state index is 11.5. The van der Waals surface area contributed by atoms with Crippen LogP contribution in [-0.4, -0.2) is 18.5 Å². The van der Waals surface area contributed by atoms with Crippen molar-refractivity contribution in [2.45, 2.75) is 38.6 Å². The first-order valence-corrected chi connectivity index (χ1v) is 6.59. The summed E-state index contributed by atoms with van der Waals surface area (Å²) in [6.07, 6.45) is 4.66. The Morgan fingerprint density at radius 1 is 1.44 bits per heavy atom. The van der Waals surface area contributed by atoms with Crippen LogP contribution in [0.1, 0.15) is 43.0 Å². The fraction of sp³-hybridized carbons (Fsp3) is 0.500. The minimum absolute atomic E-state index is 0.384. The van der Waals surface area contributed by atoms with Gasteiger partial charge in [0.15, 0.2) is 0 Å². The van der Waals surface area contributed by atoms with Crippen molar-refractivity contribution in [1.29, 1.82) is 0 Å². The van der Waals surface area contributed by atoms with Crippen LogP contribution >= 0.6 is 0 Å². The van der Waals surface area contributed by atoms with E-state index in [0.29, 0.717) is 17.3 Å². The topological polar surface area (TPSA) is 72.3 Å². The minimum atomic E-state index is -0.384. The van der Waals surface area contributed by atoms with Gasteiger partial charge in [0, 0.05) is 18.3 Å². The molecular weight excluding hydrogens is 226 g/mol. The summed E-state index contributed by atoms with van der Waals surface area (Å²) in [5.74, 6) is -0.384. The molecule has 4 N–H and O–H groups in total. The molecule has 1 aromatic rings. The summed E-state index contributed by atoms with van der Waals surface area (Å²) in [7, 11) is 0. The lowest BCUT2D eigenvalue weighted by Gasteiger charge is -2.38. The van der Waals surface area contributed by atoms with Crippen LogP contribution in [0.2, 0.25) is 0 Å². The average molecular weight is 247 g/mol. The second-order valence-corrected chi connectivity index (χ2v) is 4.89. The zero-order valence-corrected chi connectivity index (χ0v) is 10.9. The molecule has 0 aromatic heterocycles. The van der Waals surface area contributed by atoms with Gasteiger partial charge < -0.3 is 16.4 Å². The third kappa shape index (κ3) is 2.42. The van der Waals surface area contributed by atoms with Crippen LogP contribution in [0.5, 0.6) is 0 Å². The summed E-state index contributed by atoms with van der Waals surface area (Å²) in [6.45, 7) is 3.15. The zero-order valence-electron chi connectivity index (χ0n) is 10.9. The van der Waals surface area contributed by atoms with Crippen molar-refractivity contribution < 1.29 is 4.79 Å². The van der Waals surface area contributed by atoms with Crippen molar-refractivity contribution in [3.63, 3.8) is 0 Å². The van der Waals surface area contributed by atoms with Gasteiger partial charge in [0.1, 0.15) is 0 Å². The van der Waals surface area contributed by atoms with E-state index in [1.54, 1.807) is 12.1 Å².